The van der Waals surface area contributed by atoms with Crippen molar-refractivity contribution in [3.63, 3.8) is 0 Å². The second-order valence-electron chi connectivity index (χ2n) is 3.50. The number of rotatable bonds is 6. The standard InChI is InChI=1S/C12H17N3O2/c1-13-9-11(16)14-7-8-15-12(17)10-5-3-2-4-6-10/h2-6,13H,7-9H2,1H3,(H,14,16)(H,15,17). The zero-order chi connectivity index (χ0) is 12.5. The van der Waals surface area contributed by atoms with Crippen LogP contribution >= 0.6 is 0 Å². The minimum atomic E-state index is -0.131. The number of hydrogen-bond donors (Lipinski definition) is 3. The van der Waals surface area contributed by atoms with Crippen LogP contribution in [0.2, 0.25) is 0 Å². The second kappa shape index (κ2) is 7.40. The molecule has 5 heteroatoms. The van der Waals surface area contributed by atoms with Gasteiger partial charge in [-0.25, -0.2) is 0 Å². The van der Waals surface area contributed by atoms with E-state index in [1.54, 1.807) is 19.2 Å². The number of nitrogens with one attached hydrogen (secondary N) is 3. The Labute approximate surface area is 101 Å². The van der Waals surface area contributed by atoms with Crippen LogP contribution in [0.3, 0.4) is 0 Å². The van der Waals surface area contributed by atoms with Gasteiger partial charge in [0, 0.05) is 18.7 Å². The van der Waals surface area contributed by atoms with Crippen LogP contribution in [0.1, 0.15) is 10.4 Å². The first-order valence-electron chi connectivity index (χ1n) is 5.48. The van der Waals surface area contributed by atoms with E-state index in [0.29, 0.717) is 18.7 Å². The van der Waals surface area contributed by atoms with Gasteiger partial charge < -0.3 is 16.0 Å². The normalized spacial score (nSPS) is 9.71. The molecule has 0 bridgehead atoms. The maximum Gasteiger partial charge on any atom is 0.251 e. The molecule has 1 aromatic rings. The number of carbonyl (C=O) groups excluding carboxylic acids is 2. The SMILES string of the molecule is CNCC(=O)NCCNC(=O)c1ccccc1. The molecule has 0 heterocycles. The Morgan fingerprint density at radius 3 is 2.35 bits per heavy atom. The van der Waals surface area contributed by atoms with Gasteiger partial charge in [-0.15, -0.1) is 0 Å². The lowest BCUT2D eigenvalue weighted by atomic mass is 10.2. The van der Waals surface area contributed by atoms with Crippen molar-refractivity contribution in [2.75, 3.05) is 26.7 Å². The Kier molecular flexibility index (Phi) is 5.74. The lowest BCUT2D eigenvalue weighted by Gasteiger charge is -2.06. The highest BCUT2D eigenvalue weighted by atomic mass is 16.2. The van der Waals surface area contributed by atoms with Gasteiger partial charge in [-0.2, -0.15) is 0 Å². The number of hydrogen-bond acceptors (Lipinski definition) is 3. The fourth-order valence-corrected chi connectivity index (χ4v) is 1.29. The third kappa shape index (κ3) is 5.12. The van der Waals surface area contributed by atoms with E-state index >= 15 is 0 Å². The van der Waals surface area contributed by atoms with Gasteiger partial charge >= 0.3 is 0 Å². The second-order valence-corrected chi connectivity index (χ2v) is 3.50. The topological polar surface area (TPSA) is 70.2 Å². The first-order valence-corrected chi connectivity index (χ1v) is 5.48. The van der Waals surface area contributed by atoms with Crippen LogP contribution in [0, 0.1) is 0 Å². The predicted octanol–water partition coefficient (Wildman–Crippen LogP) is -0.248. The van der Waals surface area contributed by atoms with Crippen molar-refractivity contribution in [3.05, 3.63) is 35.9 Å². The lowest BCUT2D eigenvalue weighted by Crippen LogP contribution is -2.38. The average Bonchev–Trinajstić information content (AvgIpc) is 2.36. The van der Waals surface area contributed by atoms with Gasteiger partial charge in [0.05, 0.1) is 6.54 Å². The highest BCUT2D eigenvalue weighted by Gasteiger charge is 2.03. The Bertz CT molecular complexity index is 365. The molecule has 0 radical (unpaired) electrons. The highest BCUT2D eigenvalue weighted by Crippen LogP contribution is 1.96. The maximum atomic E-state index is 11.6. The average molecular weight is 235 g/mol. The molecule has 5 nitrogen and oxygen atoms in total. The van der Waals surface area contributed by atoms with Gasteiger partial charge in [-0.05, 0) is 19.2 Å². The Balaban J connectivity index is 2.19. The van der Waals surface area contributed by atoms with Gasteiger partial charge in [0.25, 0.3) is 5.91 Å². The van der Waals surface area contributed by atoms with Crippen LogP contribution in [-0.2, 0) is 4.79 Å². The maximum absolute atomic E-state index is 11.6. The first kappa shape index (κ1) is 13.2. The molecule has 0 aliphatic heterocycles. The quantitative estimate of drug-likeness (QED) is 0.596. The number of benzene rings is 1. The third-order valence-electron chi connectivity index (χ3n) is 2.11. The summed E-state index contributed by atoms with van der Waals surface area (Å²) >= 11 is 0. The molecule has 2 amide bonds. The Hall–Kier alpha value is -1.88. The smallest absolute Gasteiger partial charge is 0.251 e. The van der Waals surface area contributed by atoms with Crippen LogP contribution in [0.4, 0.5) is 0 Å². The molecule has 1 rings (SSSR count). The fraction of sp³-hybridized carbons (Fsp3) is 0.333. The third-order valence-corrected chi connectivity index (χ3v) is 2.11. The number of amides is 2. The van der Waals surface area contributed by atoms with E-state index in [9.17, 15) is 9.59 Å². The van der Waals surface area contributed by atoms with Crippen LogP contribution in [0.5, 0.6) is 0 Å². The van der Waals surface area contributed by atoms with Crippen molar-refractivity contribution >= 4 is 11.8 Å². The van der Waals surface area contributed by atoms with Crippen molar-refractivity contribution in [1.82, 2.24) is 16.0 Å². The van der Waals surface area contributed by atoms with E-state index in [-0.39, 0.29) is 18.4 Å². The molecule has 0 saturated heterocycles. The zero-order valence-electron chi connectivity index (χ0n) is 9.82. The van der Waals surface area contributed by atoms with Crippen molar-refractivity contribution in [2.24, 2.45) is 0 Å². The molecule has 0 unspecified atom stereocenters. The van der Waals surface area contributed by atoms with Gasteiger partial charge in [0.2, 0.25) is 5.91 Å². The molecule has 17 heavy (non-hydrogen) atoms. The van der Waals surface area contributed by atoms with E-state index in [1.807, 2.05) is 18.2 Å². The monoisotopic (exact) mass is 235 g/mol. The van der Waals surface area contributed by atoms with E-state index in [1.165, 1.54) is 0 Å². The van der Waals surface area contributed by atoms with E-state index < -0.39 is 0 Å². The van der Waals surface area contributed by atoms with Crippen molar-refractivity contribution in [1.29, 1.82) is 0 Å². The minimum Gasteiger partial charge on any atom is -0.353 e. The highest BCUT2D eigenvalue weighted by molar-refractivity contribution is 5.94. The summed E-state index contributed by atoms with van der Waals surface area (Å²) in [6.45, 7) is 1.13. The van der Waals surface area contributed by atoms with Gasteiger partial charge in [0.1, 0.15) is 0 Å². The van der Waals surface area contributed by atoms with E-state index in [0.717, 1.165) is 0 Å². The summed E-state index contributed by atoms with van der Waals surface area (Å²) in [7, 11) is 1.71. The zero-order valence-corrected chi connectivity index (χ0v) is 9.82. The summed E-state index contributed by atoms with van der Waals surface area (Å²) in [6, 6.07) is 8.96. The van der Waals surface area contributed by atoms with E-state index in [2.05, 4.69) is 16.0 Å². The van der Waals surface area contributed by atoms with Gasteiger partial charge in [-0.3, -0.25) is 9.59 Å². The molecule has 0 aromatic heterocycles. The Morgan fingerprint density at radius 2 is 1.71 bits per heavy atom. The molecular weight excluding hydrogens is 218 g/mol. The molecule has 0 spiro atoms. The summed E-state index contributed by atoms with van der Waals surface area (Å²) < 4.78 is 0. The molecule has 0 atom stereocenters. The van der Waals surface area contributed by atoms with Crippen LogP contribution in [0.15, 0.2) is 30.3 Å². The van der Waals surface area contributed by atoms with Crippen LogP contribution in [-0.4, -0.2) is 38.5 Å². The molecule has 0 aliphatic rings. The van der Waals surface area contributed by atoms with E-state index in [4.69, 9.17) is 0 Å². The van der Waals surface area contributed by atoms with Crippen LogP contribution in [0.25, 0.3) is 0 Å². The molecule has 0 saturated carbocycles. The minimum absolute atomic E-state index is 0.0820. The van der Waals surface area contributed by atoms with Gasteiger partial charge in [-0.1, -0.05) is 18.2 Å². The fourth-order valence-electron chi connectivity index (χ4n) is 1.29. The summed E-state index contributed by atoms with van der Waals surface area (Å²) in [6.07, 6.45) is 0. The molecule has 0 aliphatic carbocycles. The van der Waals surface area contributed by atoms with Crippen molar-refractivity contribution in [2.45, 2.75) is 0 Å². The molecule has 1 aromatic carbocycles. The van der Waals surface area contributed by atoms with Crippen molar-refractivity contribution < 1.29 is 9.59 Å². The first-order chi connectivity index (χ1) is 8.24. The summed E-state index contributed by atoms with van der Waals surface area (Å²) in [4.78, 5) is 22.7. The number of carbonyl (C=O) groups is 2. The lowest BCUT2D eigenvalue weighted by molar-refractivity contribution is -0.120. The summed E-state index contributed by atoms with van der Waals surface area (Å²) in [5.74, 6) is -0.213. The predicted molar refractivity (Wildman–Crippen MR) is 65.7 cm³/mol. The Morgan fingerprint density at radius 1 is 1.06 bits per heavy atom. The van der Waals surface area contributed by atoms with Crippen molar-refractivity contribution in [3.8, 4) is 0 Å². The van der Waals surface area contributed by atoms with Crippen LogP contribution < -0.4 is 16.0 Å². The molecule has 3 N–H and O–H groups in total. The van der Waals surface area contributed by atoms with Gasteiger partial charge in [0.15, 0.2) is 0 Å². The largest absolute Gasteiger partial charge is 0.353 e. The number of likely N-dealkylation sites (N-methyl/N-ethyl adjacent to an activating group) is 1. The molecule has 92 valence electrons. The molecular formula is C12H17N3O2. The summed E-state index contributed by atoms with van der Waals surface area (Å²) in [5.41, 5.74) is 0.619. The summed E-state index contributed by atoms with van der Waals surface area (Å²) in [5, 5.41) is 8.14. The molecule has 0 fully saturated rings.